The van der Waals surface area contributed by atoms with Crippen molar-refractivity contribution in [1.29, 1.82) is 0 Å². The first kappa shape index (κ1) is 16.2. The highest BCUT2D eigenvalue weighted by Gasteiger charge is 2.40. The second kappa shape index (κ2) is 6.27. The van der Waals surface area contributed by atoms with Gasteiger partial charge in [-0.2, -0.15) is 0 Å². The minimum atomic E-state index is -1.71. The lowest BCUT2D eigenvalue weighted by Gasteiger charge is -2.33. The van der Waals surface area contributed by atoms with Crippen LogP contribution in [0.15, 0.2) is 30.7 Å². The molecule has 0 saturated heterocycles. The Bertz CT molecular complexity index is 656. The summed E-state index contributed by atoms with van der Waals surface area (Å²) in [5, 5.41) is 10.8. The van der Waals surface area contributed by atoms with E-state index in [9.17, 15) is 18.3 Å². The van der Waals surface area contributed by atoms with Gasteiger partial charge in [0.05, 0.1) is 11.9 Å². The fourth-order valence-corrected chi connectivity index (χ4v) is 3.20. The van der Waals surface area contributed by atoms with E-state index in [4.69, 9.17) is 0 Å². The van der Waals surface area contributed by atoms with Gasteiger partial charge in [-0.25, -0.2) is 23.1 Å². The molecule has 2 aromatic rings. The zero-order valence-corrected chi connectivity index (χ0v) is 13.2. The van der Waals surface area contributed by atoms with E-state index in [1.807, 2.05) is 22.6 Å². The molecule has 1 aromatic carbocycles. The number of hydrogen-bond acceptors (Lipinski definition) is 3. The van der Waals surface area contributed by atoms with Crippen molar-refractivity contribution in [3.8, 4) is 0 Å². The van der Waals surface area contributed by atoms with E-state index >= 15 is 0 Å². The maximum absolute atomic E-state index is 14.0. The van der Waals surface area contributed by atoms with E-state index in [-0.39, 0.29) is 15.7 Å². The van der Waals surface area contributed by atoms with Crippen molar-refractivity contribution in [2.24, 2.45) is 0 Å². The molecule has 0 aliphatic heterocycles. The third-order valence-corrected chi connectivity index (χ3v) is 4.59. The van der Waals surface area contributed by atoms with Crippen LogP contribution in [0.5, 0.6) is 0 Å². The van der Waals surface area contributed by atoms with Gasteiger partial charge in [-0.05, 0) is 6.07 Å². The summed E-state index contributed by atoms with van der Waals surface area (Å²) in [4.78, 5) is 7.36. The summed E-state index contributed by atoms with van der Waals surface area (Å²) >= 11 is 1.87. The van der Waals surface area contributed by atoms with Crippen LogP contribution >= 0.6 is 22.6 Å². The molecule has 2 atom stereocenters. The Morgan fingerprint density at radius 2 is 2.00 bits per heavy atom. The van der Waals surface area contributed by atoms with Crippen LogP contribution < -0.4 is 0 Å². The van der Waals surface area contributed by atoms with Crippen molar-refractivity contribution >= 4 is 22.6 Å². The largest absolute Gasteiger partial charge is 0.384 e. The lowest BCUT2D eigenvalue weighted by molar-refractivity contribution is 0.0343. The molecule has 0 radical (unpaired) electrons. The standard InChI is InChI=1S/C14H12F3IN2O/c1-8(13-12(17)5-19-7-20-13)14(21,6-18)10-3-2-9(15)4-11(10)16/h2-5,7-8,21H,6H2,1H3/t8-,14+/m0/s1. The van der Waals surface area contributed by atoms with Crippen LogP contribution in [0, 0.1) is 17.5 Å². The maximum Gasteiger partial charge on any atom is 0.163 e. The average Bonchev–Trinajstić information content (AvgIpc) is 2.46. The highest BCUT2D eigenvalue weighted by Crippen LogP contribution is 2.39. The van der Waals surface area contributed by atoms with Gasteiger partial charge in [0.2, 0.25) is 0 Å². The molecule has 0 aliphatic rings. The molecule has 0 amide bonds. The maximum atomic E-state index is 14.0. The van der Waals surface area contributed by atoms with E-state index in [0.29, 0.717) is 6.07 Å². The zero-order valence-electron chi connectivity index (χ0n) is 11.0. The molecule has 7 heteroatoms. The molecule has 0 saturated carbocycles. The molecule has 0 unspecified atom stereocenters. The summed E-state index contributed by atoms with van der Waals surface area (Å²) in [5.41, 5.74) is -1.83. The Labute approximate surface area is 133 Å². The third-order valence-electron chi connectivity index (χ3n) is 3.42. The highest BCUT2D eigenvalue weighted by molar-refractivity contribution is 14.1. The number of nitrogens with zero attached hydrogens (tertiary/aromatic N) is 2. The molecular weight excluding hydrogens is 396 g/mol. The number of alkyl halides is 1. The molecule has 1 heterocycles. The quantitative estimate of drug-likeness (QED) is 0.624. The fourth-order valence-electron chi connectivity index (χ4n) is 2.13. The Morgan fingerprint density at radius 1 is 1.29 bits per heavy atom. The summed E-state index contributed by atoms with van der Waals surface area (Å²) in [6.45, 7) is 1.53. The Balaban J connectivity index is 2.53. The van der Waals surface area contributed by atoms with Gasteiger partial charge in [-0.15, -0.1) is 0 Å². The molecule has 0 spiro atoms. The highest BCUT2D eigenvalue weighted by atomic mass is 127. The lowest BCUT2D eigenvalue weighted by atomic mass is 9.81. The van der Waals surface area contributed by atoms with E-state index in [1.54, 1.807) is 0 Å². The predicted molar refractivity (Wildman–Crippen MR) is 79.5 cm³/mol. The number of benzene rings is 1. The Hall–Kier alpha value is -1.22. The summed E-state index contributed by atoms with van der Waals surface area (Å²) in [5.74, 6) is -3.14. The van der Waals surface area contributed by atoms with Gasteiger partial charge in [0.15, 0.2) is 5.82 Å². The lowest BCUT2D eigenvalue weighted by Crippen LogP contribution is -2.36. The number of aliphatic hydroxyl groups is 1. The smallest absolute Gasteiger partial charge is 0.163 e. The van der Waals surface area contributed by atoms with Gasteiger partial charge in [0, 0.05) is 22.0 Å². The zero-order chi connectivity index (χ0) is 15.6. The molecular formula is C14H12F3IN2O. The monoisotopic (exact) mass is 408 g/mol. The van der Waals surface area contributed by atoms with Crippen molar-refractivity contribution in [2.75, 3.05) is 4.43 Å². The van der Waals surface area contributed by atoms with Crippen molar-refractivity contribution in [2.45, 2.75) is 18.4 Å². The van der Waals surface area contributed by atoms with Gasteiger partial charge in [-0.1, -0.05) is 35.6 Å². The predicted octanol–water partition coefficient (Wildman–Crippen LogP) is 3.32. The molecule has 112 valence electrons. The molecule has 3 nitrogen and oxygen atoms in total. The normalized spacial score (nSPS) is 15.5. The number of halogens is 4. The summed E-state index contributed by atoms with van der Waals surface area (Å²) in [6, 6.07) is 2.91. The average molecular weight is 408 g/mol. The van der Waals surface area contributed by atoms with Gasteiger partial charge in [0.1, 0.15) is 23.6 Å². The first-order chi connectivity index (χ1) is 9.90. The third kappa shape index (κ3) is 3.03. The van der Waals surface area contributed by atoms with Crippen molar-refractivity contribution in [3.05, 3.63) is 59.4 Å². The molecule has 2 rings (SSSR count). The van der Waals surface area contributed by atoms with E-state index in [0.717, 1.165) is 18.6 Å². The van der Waals surface area contributed by atoms with E-state index < -0.39 is 29.0 Å². The van der Waals surface area contributed by atoms with Gasteiger partial charge in [0.25, 0.3) is 0 Å². The van der Waals surface area contributed by atoms with Crippen LogP contribution in [0.3, 0.4) is 0 Å². The number of aromatic nitrogens is 2. The van der Waals surface area contributed by atoms with Crippen molar-refractivity contribution in [1.82, 2.24) is 9.97 Å². The SMILES string of the molecule is C[C@@H](c1ncncc1F)[C@](O)(CI)c1ccc(F)cc1F. The molecule has 0 aliphatic carbocycles. The van der Waals surface area contributed by atoms with Crippen LogP contribution in [-0.4, -0.2) is 19.5 Å². The van der Waals surface area contributed by atoms with Crippen molar-refractivity contribution < 1.29 is 18.3 Å². The van der Waals surface area contributed by atoms with Crippen LogP contribution in [-0.2, 0) is 5.60 Å². The number of rotatable bonds is 4. The summed E-state index contributed by atoms with van der Waals surface area (Å²) < 4.78 is 40.9. The van der Waals surface area contributed by atoms with Crippen LogP contribution in [0.1, 0.15) is 24.1 Å². The Morgan fingerprint density at radius 3 is 2.57 bits per heavy atom. The van der Waals surface area contributed by atoms with Crippen LogP contribution in [0.2, 0.25) is 0 Å². The molecule has 1 aromatic heterocycles. The van der Waals surface area contributed by atoms with E-state index in [1.165, 1.54) is 13.0 Å². The minimum absolute atomic E-state index is 0.0205. The van der Waals surface area contributed by atoms with Gasteiger partial charge < -0.3 is 5.11 Å². The molecule has 21 heavy (non-hydrogen) atoms. The van der Waals surface area contributed by atoms with Crippen LogP contribution in [0.25, 0.3) is 0 Å². The molecule has 1 N–H and O–H groups in total. The van der Waals surface area contributed by atoms with Crippen LogP contribution in [0.4, 0.5) is 13.2 Å². The topological polar surface area (TPSA) is 46.0 Å². The van der Waals surface area contributed by atoms with Crippen molar-refractivity contribution in [3.63, 3.8) is 0 Å². The number of hydrogen-bond donors (Lipinski definition) is 1. The summed E-state index contributed by atoms with van der Waals surface area (Å²) in [6.07, 6.45) is 2.14. The first-order valence-corrected chi connectivity index (χ1v) is 7.62. The second-order valence-electron chi connectivity index (χ2n) is 4.66. The summed E-state index contributed by atoms with van der Waals surface area (Å²) in [7, 11) is 0. The first-order valence-electron chi connectivity index (χ1n) is 6.09. The van der Waals surface area contributed by atoms with Gasteiger partial charge in [-0.3, -0.25) is 0 Å². The fraction of sp³-hybridized carbons (Fsp3) is 0.286. The molecule has 0 bridgehead atoms. The minimum Gasteiger partial charge on any atom is -0.384 e. The second-order valence-corrected chi connectivity index (χ2v) is 5.42. The molecule has 0 fully saturated rings. The van der Waals surface area contributed by atoms with E-state index in [2.05, 4.69) is 9.97 Å². The Kier molecular flexibility index (Phi) is 4.82. The van der Waals surface area contributed by atoms with Gasteiger partial charge >= 0.3 is 0 Å².